The molecule has 0 bridgehead atoms. The number of nitrogens with zero attached hydrogens (tertiary/aromatic N) is 2. The van der Waals surface area contributed by atoms with Gasteiger partial charge in [-0.3, -0.25) is 13.9 Å². The van der Waals surface area contributed by atoms with E-state index in [4.69, 9.17) is 4.74 Å². The molecule has 3 rings (SSSR count). The molecule has 2 aromatic carbocycles. The van der Waals surface area contributed by atoms with Crippen molar-refractivity contribution in [2.45, 2.75) is 77.9 Å². The summed E-state index contributed by atoms with van der Waals surface area (Å²) < 4.78 is 32.2. The first-order valence-electron chi connectivity index (χ1n) is 13.5. The molecule has 8 nitrogen and oxygen atoms in total. The van der Waals surface area contributed by atoms with E-state index < -0.39 is 16.1 Å². The Balaban J connectivity index is 1.75. The molecule has 0 unspecified atom stereocenters. The van der Waals surface area contributed by atoms with Gasteiger partial charge in [0.05, 0.1) is 18.6 Å². The Morgan fingerprint density at radius 2 is 1.74 bits per heavy atom. The van der Waals surface area contributed by atoms with E-state index in [2.05, 4.69) is 5.32 Å². The molecule has 0 spiro atoms. The van der Waals surface area contributed by atoms with Gasteiger partial charge in [-0.25, -0.2) is 8.42 Å². The molecule has 208 valence electrons. The summed E-state index contributed by atoms with van der Waals surface area (Å²) in [5, 5.41) is 3.11. The third-order valence-electron chi connectivity index (χ3n) is 7.06. The Labute approximate surface area is 227 Å². The fraction of sp³-hybridized carbons (Fsp3) is 0.517. The standard InChI is InChI=1S/C29H41N3O5S/c1-5-37-27-18-11-10-17-26(27)32(38(4,35)36)20-12-19-28(33)31(21-24-14-7-6-13-22(24)2)23(3)29(34)30-25-15-8-9-16-25/h6-7,10-11,13-14,17-18,23,25H,5,8-9,12,15-16,19-21H2,1-4H3,(H,30,34)/t23-/m1/s1. The molecule has 0 heterocycles. The SMILES string of the molecule is CCOc1ccccc1N(CCCC(=O)N(Cc1ccccc1C)[C@H](C)C(=O)NC1CCCC1)S(C)(=O)=O. The summed E-state index contributed by atoms with van der Waals surface area (Å²) in [5.74, 6) is 0.140. The van der Waals surface area contributed by atoms with Gasteiger partial charge in [0.15, 0.2) is 0 Å². The topological polar surface area (TPSA) is 96.0 Å². The fourth-order valence-electron chi connectivity index (χ4n) is 4.87. The number of aryl methyl sites for hydroxylation is 1. The van der Waals surface area contributed by atoms with Crippen LogP contribution in [0.1, 0.15) is 63.5 Å². The maximum atomic E-state index is 13.5. The van der Waals surface area contributed by atoms with E-state index in [1.54, 1.807) is 36.1 Å². The van der Waals surface area contributed by atoms with E-state index >= 15 is 0 Å². The summed E-state index contributed by atoms with van der Waals surface area (Å²) in [6, 6.07) is 14.3. The van der Waals surface area contributed by atoms with Gasteiger partial charge in [0.1, 0.15) is 11.8 Å². The van der Waals surface area contributed by atoms with E-state index in [1.807, 2.05) is 38.1 Å². The van der Waals surface area contributed by atoms with Crippen LogP contribution in [0, 0.1) is 6.92 Å². The van der Waals surface area contributed by atoms with Crippen LogP contribution in [-0.4, -0.2) is 56.6 Å². The molecule has 2 aromatic rings. The fourth-order valence-corrected chi connectivity index (χ4v) is 5.84. The molecule has 38 heavy (non-hydrogen) atoms. The molecule has 1 aliphatic carbocycles. The van der Waals surface area contributed by atoms with Crippen molar-refractivity contribution in [3.63, 3.8) is 0 Å². The Morgan fingerprint density at radius 1 is 1.08 bits per heavy atom. The molecule has 9 heteroatoms. The van der Waals surface area contributed by atoms with Crippen LogP contribution in [0.25, 0.3) is 0 Å². The van der Waals surface area contributed by atoms with Crippen molar-refractivity contribution in [2.75, 3.05) is 23.7 Å². The van der Waals surface area contributed by atoms with Crippen molar-refractivity contribution in [2.24, 2.45) is 0 Å². The summed E-state index contributed by atoms with van der Waals surface area (Å²) in [6.45, 7) is 6.43. The summed E-state index contributed by atoms with van der Waals surface area (Å²) in [7, 11) is -3.61. The third kappa shape index (κ3) is 7.96. The largest absolute Gasteiger partial charge is 0.492 e. The quantitative estimate of drug-likeness (QED) is 0.404. The first-order valence-corrected chi connectivity index (χ1v) is 15.3. The molecule has 1 saturated carbocycles. The van der Waals surface area contributed by atoms with Crippen molar-refractivity contribution in [1.29, 1.82) is 0 Å². The van der Waals surface area contributed by atoms with Crippen LogP contribution in [0.5, 0.6) is 5.75 Å². The second-order valence-electron chi connectivity index (χ2n) is 9.95. The van der Waals surface area contributed by atoms with Gasteiger partial charge < -0.3 is 15.0 Å². The highest BCUT2D eigenvalue weighted by Crippen LogP contribution is 2.30. The van der Waals surface area contributed by atoms with Gasteiger partial charge in [-0.15, -0.1) is 0 Å². The molecule has 0 saturated heterocycles. The van der Waals surface area contributed by atoms with Gasteiger partial charge in [-0.1, -0.05) is 49.2 Å². The highest BCUT2D eigenvalue weighted by atomic mass is 32.2. The minimum absolute atomic E-state index is 0.107. The molecule has 0 aliphatic heterocycles. The van der Waals surface area contributed by atoms with Gasteiger partial charge >= 0.3 is 0 Å². The average molecular weight is 544 g/mol. The summed E-state index contributed by atoms with van der Waals surface area (Å²) in [6.07, 6.45) is 5.70. The van der Waals surface area contributed by atoms with Crippen LogP contribution in [0.2, 0.25) is 0 Å². The number of rotatable bonds is 13. The zero-order valence-corrected chi connectivity index (χ0v) is 23.8. The highest BCUT2D eigenvalue weighted by Gasteiger charge is 2.29. The van der Waals surface area contributed by atoms with Crippen LogP contribution in [0.15, 0.2) is 48.5 Å². The molecule has 0 aromatic heterocycles. The van der Waals surface area contributed by atoms with Gasteiger partial charge in [0.25, 0.3) is 0 Å². The smallest absolute Gasteiger partial charge is 0.242 e. The van der Waals surface area contributed by atoms with E-state index in [9.17, 15) is 18.0 Å². The maximum absolute atomic E-state index is 13.5. The number of carbonyl (C=O) groups excluding carboxylic acids is 2. The van der Waals surface area contributed by atoms with Crippen molar-refractivity contribution in [1.82, 2.24) is 10.2 Å². The molecule has 1 N–H and O–H groups in total. The Bertz CT molecular complexity index is 1190. The van der Waals surface area contributed by atoms with Crippen molar-refractivity contribution in [3.8, 4) is 5.75 Å². The number of hydrogen-bond acceptors (Lipinski definition) is 5. The first kappa shape index (κ1) is 29.5. The average Bonchev–Trinajstić information content (AvgIpc) is 3.39. The summed E-state index contributed by atoms with van der Waals surface area (Å²) >= 11 is 0. The second-order valence-corrected chi connectivity index (χ2v) is 11.9. The lowest BCUT2D eigenvalue weighted by molar-refractivity contribution is -0.141. The summed E-state index contributed by atoms with van der Waals surface area (Å²) in [5.41, 5.74) is 2.47. The third-order valence-corrected chi connectivity index (χ3v) is 8.24. The van der Waals surface area contributed by atoms with Crippen LogP contribution in [-0.2, 0) is 26.2 Å². The maximum Gasteiger partial charge on any atom is 0.242 e. The molecule has 1 fully saturated rings. The minimum atomic E-state index is -3.61. The lowest BCUT2D eigenvalue weighted by Crippen LogP contribution is -2.49. The normalized spacial score (nSPS) is 14.6. The Kier molecular flexibility index (Phi) is 10.6. The second kappa shape index (κ2) is 13.6. The Hall–Kier alpha value is -3.07. The lowest BCUT2D eigenvalue weighted by Gasteiger charge is -2.31. The minimum Gasteiger partial charge on any atom is -0.492 e. The van der Waals surface area contributed by atoms with Gasteiger partial charge in [-0.2, -0.15) is 0 Å². The van der Waals surface area contributed by atoms with Gasteiger partial charge in [0.2, 0.25) is 21.8 Å². The number of para-hydroxylation sites is 2. The van der Waals surface area contributed by atoms with Gasteiger partial charge in [-0.05, 0) is 63.3 Å². The lowest BCUT2D eigenvalue weighted by atomic mass is 10.1. The van der Waals surface area contributed by atoms with E-state index in [0.29, 0.717) is 31.0 Å². The number of sulfonamides is 1. The zero-order valence-electron chi connectivity index (χ0n) is 23.0. The monoisotopic (exact) mass is 543 g/mol. The van der Waals surface area contributed by atoms with Crippen LogP contribution < -0.4 is 14.4 Å². The van der Waals surface area contributed by atoms with Crippen LogP contribution >= 0.6 is 0 Å². The van der Waals surface area contributed by atoms with Crippen molar-refractivity contribution in [3.05, 3.63) is 59.7 Å². The predicted molar refractivity (Wildman–Crippen MR) is 151 cm³/mol. The highest BCUT2D eigenvalue weighted by molar-refractivity contribution is 7.92. The predicted octanol–water partition coefficient (Wildman–Crippen LogP) is 4.42. The van der Waals surface area contributed by atoms with Crippen LogP contribution in [0.4, 0.5) is 5.69 Å². The number of amides is 2. The van der Waals surface area contributed by atoms with Crippen molar-refractivity contribution >= 4 is 27.5 Å². The first-order chi connectivity index (χ1) is 18.1. The van der Waals surface area contributed by atoms with E-state index in [0.717, 1.165) is 43.1 Å². The number of benzene rings is 2. The molecular formula is C29H41N3O5S. The number of anilines is 1. The van der Waals surface area contributed by atoms with Gasteiger partial charge in [0, 0.05) is 25.6 Å². The number of ether oxygens (including phenoxy) is 1. The van der Waals surface area contributed by atoms with E-state index in [-0.39, 0.29) is 30.8 Å². The zero-order chi connectivity index (χ0) is 27.7. The van der Waals surface area contributed by atoms with E-state index in [1.165, 1.54) is 4.31 Å². The molecule has 1 atom stereocenters. The number of nitrogens with one attached hydrogen (secondary N) is 1. The molecule has 2 amide bonds. The number of hydrogen-bond donors (Lipinski definition) is 1. The number of carbonyl (C=O) groups is 2. The van der Waals surface area contributed by atoms with Crippen LogP contribution in [0.3, 0.4) is 0 Å². The molecular weight excluding hydrogens is 502 g/mol. The molecule has 1 aliphatic rings. The summed E-state index contributed by atoms with van der Waals surface area (Å²) in [4.78, 5) is 28.3. The Morgan fingerprint density at radius 3 is 2.39 bits per heavy atom. The molecule has 0 radical (unpaired) electrons. The van der Waals surface area contributed by atoms with Crippen molar-refractivity contribution < 1.29 is 22.7 Å².